The topological polar surface area (TPSA) is 90.3 Å². The van der Waals surface area contributed by atoms with Crippen LogP contribution in [0.2, 0.25) is 10.0 Å². The monoisotopic (exact) mass is 619 g/mol. The summed E-state index contributed by atoms with van der Waals surface area (Å²) in [6.07, 6.45) is 1.43. The molecule has 41 heavy (non-hydrogen) atoms. The van der Waals surface area contributed by atoms with Gasteiger partial charge in [-0.15, -0.1) is 0 Å². The van der Waals surface area contributed by atoms with Crippen molar-refractivity contribution in [2.45, 2.75) is 43.5 Å². The minimum atomic E-state index is -3.56. The van der Waals surface area contributed by atoms with E-state index in [1.54, 1.807) is 0 Å². The second-order valence-electron chi connectivity index (χ2n) is 11.5. The fourth-order valence-corrected chi connectivity index (χ4v) is 6.68. The highest BCUT2D eigenvalue weighted by Crippen LogP contribution is 2.56. The van der Waals surface area contributed by atoms with E-state index < -0.39 is 44.9 Å². The van der Waals surface area contributed by atoms with E-state index in [4.69, 9.17) is 23.2 Å². The van der Waals surface area contributed by atoms with Gasteiger partial charge in [0.1, 0.15) is 17.0 Å². The molecule has 0 aromatic heterocycles. The highest BCUT2D eigenvalue weighted by atomic mass is 35.5. The van der Waals surface area contributed by atoms with Crippen LogP contribution < -0.4 is 5.32 Å². The number of sulfone groups is 1. The predicted molar refractivity (Wildman–Crippen MR) is 156 cm³/mol. The maximum absolute atomic E-state index is 15.7. The van der Waals surface area contributed by atoms with Gasteiger partial charge in [0.05, 0.1) is 22.0 Å². The summed E-state index contributed by atoms with van der Waals surface area (Å²) in [6, 6.07) is 14.2. The van der Waals surface area contributed by atoms with Crippen molar-refractivity contribution < 1.29 is 22.0 Å². The Morgan fingerprint density at radius 1 is 1.12 bits per heavy atom. The first kappa shape index (κ1) is 30.8. The molecule has 2 amide bonds. The molecule has 1 fully saturated rings. The molecule has 0 aliphatic carbocycles. The van der Waals surface area contributed by atoms with Gasteiger partial charge in [0.2, 0.25) is 0 Å². The molecule has 0 bridgehead atoms. The van der Waals surface area contributed by atoms with E-state index in [1.165, 1.54) is 59.5 Å². The number of urea groups is 1. The maximum Gasteiger partial charge on any atom is 0.322 e. The number of carbonyl (C=O) groups is 1. The lowest BCUT2D eigenvalue weighted by Gasteiger charge is -2.38. The van der Waals surface area contributed by atoms with Crippen LogP contribution >= 0.6 is 23.2 Å². The average molecular weight is 621 g/mol. The Balaban J connectivity index is 1.95. The molecule has 0 radical (unpaired) electrons. The number of carbonyl (C=O) groups excluding carboxylic acids is 1. The SMILES string of the molecule is CC(C)(C)CC1CN(C(=O)Nc2cccc(S(C)(=O)=O)c2)C(c2cccc(Cl)c2F)C1(C#N)c1ccc(Cl)cc1F. The fourth-order valence-electron chi connectivity index (χ4n) is 5.67. The van der Waals surface area contributed by atoms with Gasteiger partial charge in [0.15, 0.2) is 9.84 Å². The van der Waals surface area contributed by atoms with Crippen LogP contribution in [0.5, 0.6) is 0 Å². The van der Waals surface area contributed by atoms with Crippen molar-refractivity contribution >= 4 is 44.8 Å². The van der Waals surface area contributed by atoms with Gasteiger partial charge in [0.25, 0.3) is 0 Å². The number of benzene rings is 3. The van der Waals surface area contributed by atoms with Gasteiger partial charge in [0, 0.05) is 40.6 Å². The third-order valence-electron chi connectivity index (χ3n) is 7.27. The summed E-state index contributed by atoms with van der Waals surface area (Å²) in [7, 11) is -3.56. The zero-order valence-corrected chi connectivity index (χ0v) is 25.2. The Bertz CT molecular complexity index is 1650. The number of hydrogen-bond donors (Lipinski definition) is 1. The van der Waals surface area contributed by atoms with E-state index >= 15 is 8.78 Å². The van der Waals surface area contributed by atoms with Crippen molar-refractivity contribution in [1.82, 2.24) is 4.90 Å². The van der Waals surface area contributed by atoms with E-state index in [2.05, 4.69) is 11.4 Å². The molecule has 0 spiro atoms. The molecule has 3 aromatic rings. The molecule has 1 N–H and O–H groups in total. The van der Waals surface area contributed by atoms with Gasteiger partial charge in [-0.2, -0.15) is 5.26 Å². The van der Waals surface area contributed by atoms with E-state index in [-0.39, 0.29) is 43.7 Å². The summed E-state index contributed by atoms with van der Waals surface area (Å²) in [6.45, 7) is 5.85. The summed E-state index contributed by atoms with van der Waals surface area (Å²) in [5, 5.41) is 13.5. The van der Waals surface area contributed by atoms with Crippen LogP contribution in [0.3, 0.4) is 0 Å². The molecular formula is C30H29Cl2F2N3O3S. The number of nitrogens with one attached hydrogen (secondary N) is 1. The van der Waals surface area contributed by atoms with E-state index in [9.17, 15) is 18.5 Å². The minimum Gasteiger partial charge on any atom is -0.315 e. The van der Waals surface area contributed by atoms with E-state index in [0.717, 1.165) is 12.3 Å². The maximum atomic E-state index is 15.7. The third-order valence-corrected chi connectivity index (χ3v) is 8.91. The molecule has 6 nitrogen and oxygen atoms in total. The highest BCUT2D eigenvalue weighted by molar-refractivity contribution is 7.90. The quantitative estimate of drug-likeness (QED) is 0.316. The first-order valence-corrected chi connectivity index (χ1v) is 15.4. The third kappa shape index (κ3) is 6.06. The average Bonchev–Trinajstić information content (AvgIpc) is 3.18. The predicted octanol–water partition coefficient (Wildman–Crippen LogP) is 7.78. The largest absolute Gasteiger partial charge is 0.322 e. The molecule has 3 unspecified atom stereocenters. The molecule has 1 aliphatic rings. The first-order chi connectivity index (χ1) is 19.1. The summed E-state index contributed by atoms with van der Waals surface area (Å²) < 4.78 is 55.6. The second-order valence-corrected chi connectivity index (χ2v) is 14.4. The number of amides is 2. The highest BCUT2D eigenvalue weighted by Gasteiger charge is 2.60. The van der Waals surface area contributed by atoms with Crippen LogP contribution in [0.1, 0.15) is 44.4 Å². The van der Waals surface area contributed by atoms with Crippen LogP contribution in [0, 0.1) is 34.3 Å². The van der Waals surface area contributed by atoms with Gasteiger partial charge >= 0.3 is 6.03 Å². The first-order valence-electron chi connectivity index (χ1n) is 12.8. The lowest BCUT2D eigenvalue weighted by molar-refractivity contribution is 0.198. The molecule has 3 aromatic carbocycles. The van der Waals surface area contributed by atoms with Crippen molar-refractivity contribution in [3.63, 3.8) is 0 Å². The van der Waals surface area contributed by atoms with Gasteiger partial charge < -0.3 is 10.2 Å². The van der Waals surface area contributed by atoms with Crippen molar-refractivity contribution in [2.24, 2.45) is 11.3 Å². The summed E-state index contributed by atoms with van der Waals surface area (Å²) in [4.78, 5) is 15.2. The number of anilines is 1. The number of halogens is 4. The number of nitriles is 1. The van der Waals surface area contributed by atoms with Gasteiger partial charge in [-0.25, -0.2) is 22.0 Å². The Morgan fingerprint density at radius 3 is 2.41 bits per heavy atom. The van der Waals surface area contributed by atoms with Crippen LogP contribution in [0.15, 0.2) is 65.6 Å². The summed E-state index contributed by atoms with van der Waals surface area (Å²) >= 11 is 12.2. The standard InChI is InChI=1S/C30H29Cl2F2N3O3S/c1-29(2,3)15-18-16-37(28(38)36-20-7-5-8-21(14-20)41(4,39)40)27(22-9-6-10-24(32)26(22)34)30(18,17-35)23-12-11-19(31)13-25(23)33/h5-14,18,27H,15-16H2,1-4H3,(H,36,38). The molecular weight excluding hydrogens is 591 g/mol. The molecule has 1 heterocycles. The zero-order chi connectivity index (χ0) is 30.3. The summed E-state index contributed by atoms with van der Waals surface area (Å²) in [5.41, 5.74) is -1.98. The lowest BCUT2D eigenvalue weighted by Crippen LogP contribution is -2.42. The Morgan fingerprint density at radius 2 is 1.80 bits per heavy atom. The molecule has 216 valence electrons. The van der Waals surface area contributed by atoms with Crippen LogP contribution in [0.25, 0.3) is 0 Å². The van der Waals surface area contributed by atoms with Gasteiger partial charge in [-0.3, -0.25) is 0 Å². The van der Waals surface area contributed by atoms with E-state index in [1.807, 2.05) is 20.8 Å². The number of nitrogens with zero attached hydrogens (tertiary/aromatic N) is 2. The molecule has 11 heteroatoms. The van der Waals surface area contributed by atoms with Crippen LogP contribution in [-0.2, 0) is 15.3 Å². The summed E-state index contributed by atoms with van der Waals surface area (Å²) in [5.74, 6) is -2.23. The van der Waals surface area contributed by atoms with E-state index in [0.29, 0.717) is 6.42 Å². The Labute approximate surface area is 248 Å². The number of hydrogen-bond acceptors (Lipinski definition) is 4. The van der Waals surface area contributed by atoms with Crippen molar-refractivity contribution in [3.8, 4) is 6.07 Å². The molecule has 1 saturated heterocycles. The van der Waals surface area contributed by atoms with Gasteiger partial charge in [-0.05, 0) is 48.2 Å². The van der Waals surface area contributed by atoms with Crippen molar-refractivity contribution in [2.75, 3.05) is 18.1 Å². The smallest absolute Gasteiger partial charge is 0.315 e. The minimum absolute atomic E-state index is 0.00521. The molecule has 0 saturated carbocycles. The lowest BCUT2D eigenvalue weighted by atomic mass is 9.63. The van der Waals surface area contributed by atoms with Crippen molar-refractivity contribution in [1.29, 1.82) is 5.26 Å². The van der Waals surface area contributed by atoms with Crippen LogP contribution in [-0.4, -0.2) is 32.1 Å². The number of likely N-dealkylation sites (tertiary alicyclic amines) is 1. The molecule has 3 atom stereocenters. The Hall–Kier alpha value is -3.19. The number of rotatable bonds is 5. The second kappa shape index (κ2) is 11.2. The normalized spacial score (nSPS) is 21.0. The fraction of sp³-hybridized carbons (Fsp3) is 0.333. The molecule has 1 aliphatic heterocycles. The molecule has 4 rings (SSSR count). The van der Waals surface area contributed by atoms with Crippen LogP contribution in [0.4, 0.5) is 19.3 Å². The van der Waals surface area contributed by atoms with Crippen molar-refractivity contribution in [3.05, 3.63) is 93.5 Å². The zero-order valence-electron chi connectivity index (χ0n) is 22.9. The Kier molecular flexibility index (Phi) is 8.43. The van der Waals surface area contributed by atoms with Gasteiger partial charge in [-0.1, -0.05) is 68.2 Å².